The van der Waals surface area contributed by atoms with Gasteiger partial charge in [-0.25, -0.2) is 0 Å². The molecule has 0 fully saturated rings. The van der Waals surface area contributed by atoms with Crippen molar-refractivity contribution in [3.05, 3.63) is 83.7 Å². The molecule has 0 unspecified atom stereocenters. The molecule has 0 N–H and O–H groups in total. The average Bonchev–Trinajstić information content (AvgIpc) is 3.51. The topological polar surface area (TPSA) is 93.7 Å². The van der Waals surface area contributed by atoms with Gasteiger partial charge in [0, 0.05) is 51.7 Å². The highest BCUT2D eigenvalue weighted by Gasteiger charge is 2.07. The molecular formula is C24H28N10. The van der Waals surface area contributed by atoms with Crippen LogP contribution in [0.5, 0.6) is 0 Å². The van der Waals surface area contributed by atoms with E-state index in [1.165, 1.54) is 11.1 Å². The standard InChI is InChI=1S/C24H28N10/c1-19-5-9-21(10-6-19)33-23(25-27-29-33)13-15-31(3)17-18-32(4)16-14-24-26-28-30-34(24)22-11-7-20(2)8-12-22/h5-16H,17-18H2,1-4H3. The van der Waals surface area contributed by atoms with Crippen molar-refractivity contribution < 1.29 is 0 Å². The summed E-state index contributed by atoms with van der Waals surface area (Å²) in [6, 6.07) is 16.2. The van der Waals surface area contributed by atoms with Crippen LogP contribution in [0.2, 0.25) is 0 Å². The first-order valence-electron chi connectivity index (χ1n) is 11.0. The molecule has 10 heteroatoms. The van der Waals surface area contributed by atoms with Gasteiger partial charge in [0.15, 0.2) is 11.6 Å². The summed E-state index contributed by atoms with van der Waals surface area (Å²) in [6.07, 6.45) is 7.77. The van der Waals surface area contributed by atoms with E-state index in [2.05, 4.69) is 54.7 Å². The Kier molecular flexibility index (Phi) is 7.07. The largest absolute Gasteiger partial charge is 0.379 e. The summed E-state index contributed by atoms with van der Waals surface area (Å²) >= 11 is 0. The third kappa shape index (κ3) is 5.71. The number of aromatic nitrogens is 8. The van der Waals surface area contributed by atoms with Gasteiger partial charge in [0.2, 0.25) is 0 Å². The summed E-state index contributed by atoms with van der Waals surface area (Å²) in [5.74, 6) is 1.35. The number of likely N-dealkylation sites (N-methyl/N-ethyl adjacent to an activating group) is 2. The van der Waals surface area contributed by atoms with Crippen LogP contribution in [0.4, 0.5) is 0 Å². The molecule has 0 radical (unpaired) electrons. The van der Waals surface area contributed by atoms with Crippen molar-refractivity contribution in [2.45, 2.75) is 13.8 Å². The van der Waals surface area contributed by atoms with Crippen LogP contribution in [0.1, 0.15) is 22.8 Å². The Balaban J connectivity index is 1.32. The third-order valence-electron chi connectivity index (χ3n) is 5.31. The van der Waals surface area contributed by atoms with E-state index in [0.717, 1.165) is 24.5 Å². The van der Waals surface area contributed by atoms with Gasteiger partial charge < -0.3 is 9.80 Å². The van der Waals surface area contributed by atoms with Gasteiger partial charge in [0.1, 0.15) is 0 Å². The highest BCUT2D eigenvalue weighted by molar-refractivity contribution is 5.45. The number of nitrogens with zero attached hydrogens (tertiary/aromatic N) is 10. The first-order chi connectivity index (χ1) is 16.5. The third-order valence-corrected chi connectivity index (χ3v) is 5.31. The highest BCUT2D eigenvalue weighted by atomic mass is 15.5. The zero-order valence-electron chi connectivity index (χ0n) is 19.8. The van der Waals surface area contributed by atoms with Gasteiger partial charge in [-0.2, -0.15) is 9.36 Å². The molecule has 0 aliphatic carbocycles. The van der Waals surface area contributed by atoms with Crippen molar-refractivity contribution in [3.8, 4) is 11.4 Å². The van der Waals surface area contributed by atoms with Crippen LogP contribution < -0.4 is 0 Å². The fourth-order valence-corrected chi connectivity index (χ4v) is 3.19. The zero-order valence-corrected chi connectivity index (χ0v) is 19.8. The maximum Gasteiger partial charge on any atom is 0.181 e. The van der Waals surface area contributed by atoms with Gasteiger partial charge in [-0.1, -0.05) is 35.4 Å². The number of hydrogen-bond donors (Lipinski definition) is 0. The zero-order chi connectivity index (χ0) is 23.9. The van der Waals surface area contributed by atoms with Gasteiger partial charge in [-0.3, -0.25) is 0 Å². The second kappa shape index (κ2) is 10.5. The summed E-state index contributed by atoms with van der Waals surface area (Å²) in [5, 5.41) is 24.1. The minimum Gasteiger partial charge on any atom is -0.379 e. The molecule has 0 aliphatic heterocycles. The first kappa shape index (κ1) is 22.8. The summed E-state index contributed by atoms with van der Waals surface area (Å²) in [5.41, 5.74) is 4.24. The Morgan fingerprint density at radius 3 is 1.41 bits per heavy atom. The Morgan fingerprint density at radius 1 is 0.647 bits per heavy atom. The van der Waals surface area contributed by atoms with E-state index in [-0.39, 0.29) is 0 Å². The summed E-state index contributed by atoms with van der Waals surface area (Å²) in [6.45, 7) is 5.73. The molecule has 0 bridgehead atoms. The van der Waals surface area contributed by atoms with E-state index >= 15 is 0 Å². The van der Waals surface area contributed by atoms with Crippen molar-refractivity contribution in [2.75, 3.05) is 27.2 Å². The van der Waals surface area contributed by atoms with Crippen LogP contribution in [0, 0.1) is 13.8 Å². The van der Waals surface area contributed by atoms with E-state index in [1.54, 1.807) is 9.36 Å². The SMILES string of the molecule is Cc1ccc(-n2nnnc2C=CN(C)CCN(C)C=Cc2nnnn2-c2ccc(C)cc2)cc1. The Morgan fingerprint density at radius 2 is 1.03 bits per heavy atom. The van der Waals surface area contributed by atoms with Crippen molar-refractivity contribution in [3.63, 3.8) is 0 Å². The van der Waals surface area contributed by atoms with E-state index in [0.29, 0.717) is 11.6 Å². The fourth-order valence-electron chi connectivity index (χ4n) is 3.19. The molecule has 0 aliphatic rings. The van der Waals surface area contributed by atoms with E-state index in [1.807, 2.05) is 87.2 Å². The molecule has 0 atom stereocenters. The van der Waals surface area contributed by atoms with Gasteiger partial charge in [0.05, 0.1) is 11.4 Å². The Hall–Kier alpha value is -4.34. The molecule has 174 valence electrons. The molecule has 4 rings (SSSR count). The first-order valence-corrected chi connectivity index (χ1v) is 11.0. The Bertz CT molecular complexity index is 1150. The van der Waals surface area contributed by atoms with Crippen molar-refractivity contribution in [1.82, 2.24) is 50.2 Å². The van der Waals surface area contributed by atoms with E-state index in [9.17, 15) is 0 Å². The lowest BCUT2D eigenvalue weighted by Crippen LogP contribution is -2.24. The van der Waals surface area contributed by atoms with Crippen LogP contribution in [-0.4, -0.2) is 77.4 Å². The van der Waals surface area contributed by atoms with Gasteiger partial charge in [0.25, 0.3) is 0 Å². The Labute approximate surface area is 198 Å². The summed E-state index contributed by atoms with van der Waals surface area (Å²) in [4.78, 5) is 4.18. The number of tetrazole rings is 2. The fraction of sp³-hybridized carbons (Fsp3) is 0.250. The minimum atomic E-state index is 0.673. The lowest BCUT2D eigenvalue weighted by molar-refractivity contribution is 0.367. The molecule has 0 spiro atoms. The molecule has 0 saturated carbocycles. The summed E-state index contributed by atoms with van der Waals surface area (Å²) in [7, 11) is 4.04. The number of rotatable bonds is 9. The maximum atomic E-state index is 4.12. The summed E-state index contributed by atoms with van der Waals surface area (Å²) < 4.78 is 3.44. The van der Waals surface area contributed by atoms with E-state index < -0.39 is 0 Å². The monoisotopic (exact) mass is 456 g/mol. The molecule has 10 nitrogen and oxygen atoms in total. The van der Waals surface area contributed by atoms with Crippen molar-refractivity contribution in [1.29, 1.82) is 0 Å². The molecule has 2 heterocycles. The van der Waals surface area contributed by atoms with Crippen LogP contribution in [0.25, 0.3) is 23.5 Å². The van der Waals surface area contributed by atoms with Gasteiger partial charge in [-0.05, 0) is 59.0 Å². The van der Waals surface area contributed by atoms with Gasteiger partial charge in [-0.15, -0.1) is 10.2 Å². The number of hydrogen-bond acceptors (Lipinski definition) is 8. The molecule has 2 aromatic heterocycles. The lowest BCUT2D eigenvalue weighted by Gasteiger charge is -2.19. The lowest BCUT2D eigenvalue weighted by atomic mass is 10.2. The second-order valence-corrected chi connectivity index (χ2v) is 8.16. The minimum absolute atomic E-state index is 0.673. The normalized spacial score (nSPS) is 11.5. The van der Waals surface area contributed by atoms with E-state index in [4.69, 9.17) is 0 Å². The molecule has 0 saturated heterocycles. The predicted molar refractivity (Wildman–Crippen MR) is 131 cm³/mol. The molecule has 2 aromatic carbocycles. The predicted octanol–water partition coefficient (Wildman–Crippen LogP) is 2.76. The van der Waals surface area contributed by atoms with Crippen LogP contribution in [0.3, 0.4) is 0 Å². The van der Waals surface area contributed by atoms with Crippen molar-refractivity contribution in [2.24, 2.45) is 0 Å². The maximum absolute atomic E-state index is 4.12. The molecule has 0 amide bonds. The number of benzene rings is 2. The van der Waals surface area contributed by atoms with Gasteiger partial charge >= 0.3 is 0 Å². The average molecular weight is 457 g/mol. The van der Waals surface area contributed by atoms with Crippen LogP contribution >= 0.6 is 0 Å². The molecule has 34 heavy (non-hydrogen) atoms. The highest BCUT2D eigenvalue weighted by Crippen LogP contribution is 2.12. The second-order valence-electron chi connectivity index (χ2n) is 8.16. The quantitative estimate of drug-likeness (QED) is 0.380. The van der Waals surface area contributed by atoms with Crippen molar-refractivity contribution >= 4 is 12.2 Å². The van der Waals surface area contributed by atoms with Crippen LogP contribution in [0.15, 0.2) is 60.9 Å². The van der Waals surface area contributed by atoms with Crippen LogP contribution in [-0.2, 0) is 0 Å². The molecular weight excluding hydrogens is 428 g/mol. The number of aryl methyl sites for hydroxylation is 2. The molecule has 4 aromatic rings. The smallest absolute Gasteiger partial charge is 0.181 e.